The fourth-order valence-electron chi connectivity index (χ4n) is 2.27. The molecule has 29 heavy (non-hydrogen) atoms. The fraction of sp³-hybridized carbons (Fsp3) is 0. The number of halogens is 2. The van der Waals surface area contributed by atoms with Gasteiger partial charge in [-0.15, -0.1) is 11.3 Å². The van der Waals surface area contributed by atoms with Crippen LogP contribution in [0.25, 0.3) is 0 Å². The zero-order valence-electron chi connectivity index (χ0n) is 14.1. The van der Waals surface area contributed by atoms with Gasteiger partial charge in [0, 0.05) is 23.7 Å². The highest BCUT2D eigenvalue weighted by atomic mass is 35.5. The summed E-state index contributed by atoms with van der Waals surface area (Å²) in [6, 6.07) is 5.70. The van der Waals surface area contributed by atoms with Gasteiger partial charge in [0.15, 0.2) is 5.13 Å². The van der Waals surface area contributed by atoms with Crippen molar-refractivity contribution in [2.24, 2.45) is 0 Å². The minimum atomic E-state index is -4.39. The van der Waals surface area contributed by atoms with E-state index in [9.17, 15) is 27.7 Å². The molecule has 1 amide bonds. The van der Waals surface area contributed by atoms with Gasteiger partial charge >= 0.3 is 0 Å². The Morgan fingerprint density at radius 1 is 1.24 bits per heavy atom. The predicted molar refractivity (Wildman–Crippen MR) is 105 cm³/mol. The number of thiazole rings is 1. The molecule has 3 aromatic rings. The Morgan fingerprint density at radius 3 is 2.62 bits per heavy atom. The number of aromatic nitrogens is 1. The van der Waals surface area contributed by atoms with E-state index < -0.39 is 42.3 Å². The summed E-state index contributed by atoms with van der Waals surface area (Å²) in [4.78, 5) is 25.9. The lowest BCUT2D eigenvalue weighted by Crippen LogP contribution is -2.19. The molecule has 0 aliphatic heterocycles. The van der Waals surface area contributed by atoms with Crippen LogP contribution in [0.4, 0.5) is 20.9 Å². The van der Waals surface area contributed by atoms with Crippen molar-refractivity contribution < 1.29 is 22.5 Å². The largest absolute Gasteiger partial charge is 0.298 e. The molecule has 0 saturated carbocycles. The van der Waals surface area contributed by atoms with E-state index in [0.717, 1.165) is 47.7 Å². The number of nitrogens with one attached hydrogen (secondary N) is 2. The summed E-state index contributed by atoms with van der Waals surface area (Å²) in [5.41, 5.74) is -0.903. The number of amides is 1. The van der Waals surface area contributed by atoms with Crippen LogP contribution < -0.4 is 10.0 Å². The number of benzene rings is 2. The third kappa shape index (κ3) is 4.67. The van der Waals surface area contributed by atoms with Crippen molar-refractivity contribution in [1.29, 1.82) is 0 Å². The second-order valence-corrected chi connectivity index (χ2v) is 8.41. The molecule has 0 bridgehead atoms. The van der Waals surface area contributed by atoms with Crippen LogP contribution in [0.2, 0.25) is 5.02 Å². The molecule has 0 aliphatic rings. The number of nitro benzene ring substituents is 1. The van der Waals surface area contributed by atoms with Crippen LogP contribution in [0.15, 0.2) is 52.9 Å². The molecule has 2 aromatic carbocycles. The van der Waals surface area contributed by atoms with E-state index in [4.69, 9.17) is 11.6 Å². The zero-order valence-corrected chi connectivity index (χ0v) is 16.5. The van der Waals surface area contributed by atoms with Crippen LogP contribution in [0.3, 0.4) is 0 Å². The summed E-state index contributed by atoms with van der Waals surface area (Å²) < 4.78 is 41.2. The van der Waals surface area contributed by atoms with E-state index in [1.165, 1.54) is 6.20 Å². The number of nitrogens with zero attached hydrogens (tertiary/aromatic N) is 2. The Balaban J connectivity index is 1.95. The van der Waals surface area contributed by atoms with Gasteiger partial charge in [-0.25, -0.2) is 17.8 Å². The fourth-order valence-corrected chi connectivity index (χ4v) is 4.40. The van der Waals surface area contributed by atoms with Crippen molar-refractivity contribution in [3.05, 3.63) is 74.5 Å². The van der Waals surface area contributed by atoms with Gasteiger partial charge in [-0.3, -0.25) is 24.9 Å². The Morgan fingerprint density at radius 2 is 2.00 bits per heavy atom. The maximum absolute atomic E-state index is 13.7. The van der Waals surface area contributed by atoms with Crippen molar-refractivity contribution in [3.8, 4) is 0 Å². The highest BCUT2D eigenvalue weighted by molar-refractivity contribution is 7.92. The average Bonchev–Trinajstić information content (AvgIpc) is 3.13. The van der Waals surface area contributed by atoms with Crippen molar-refractivity contribution in [2.75, 3.05) is 10.0 Å². The van der Waals surface area contributed by atoms with Crippen LogP contribution in [0.1, 0.15) is 10.4 Å². The molecule has 0 aliphatic carbocycles. The number of hydrogen-bond donors (Lipinski definition) is 2. The summed E-state index contributed by atoms with van der Waals surface area (Å²) in [7, 11) is -4.39. The summed E-state index contributed by atoms with van der Waals surface area (Å²) in [6.45, 7) is 0. The number of nitro groups is 1. The van der Waals surface area contributed by atoms with Gasteiger partial charge in [0.25, 0.3) is 21.6 Å². The van der Waals surface area contributed by atoms with Gasteiger partial charge in [0.05, 0.1) is 21.2 Å². The third-order valence-corrected chi connectivity index (χ3v) is 6.08. The van der Waals surface area contributed by atoms with Crippen LogP contribution in [-0.2, 0) is 10.0 Å². The van der Waals surface area contributed by atoms with E-state index >= 15 is 0 Å². The number of sulfonamides is 1. The maximum atomic E-state index is 13.7. The molecule has 0 unspecified atom stereocenters. The van der Waals surface area contributed by atoms with Crippen molar-refractivity contribution in [2.45, 2.75) is 4.90 Å². The molecule has 1 heterocycles. The summed E-state index contributed by atoms with van der Waals surface area (Å²) >= 11 is 7.01. The molecular weight excluding hydrogens is 447 g/mol. The molecule has 0 atom stereocenters. The molecule has 0 saturated heterocycles. The van der Waals surface area contributed by atoms with Gasteiger partial charge in [-0.2, -0.15) is 0 Å². The van der Waals surface area contributed by atoms with Crippen LogP contribution in [-0.4, -0.2) is 24.2 Å². The van der Waals surface area contributed by atoms with Gasteiger partial charge in [-0.05, 0) is 24.3 Å². The van der Waals surface area contributed by atoms with Crippen molar-refractivity contribution in [1.82, 2.24) is 4.98 Å². The summed E-state index contributed by atoms with van der Waals surface area (Å²) in [5, 5.41) is 14.7. The molecule has 3 rings (SSSR count). The quantitative estimate of drug-likeness (QED) is 0.427. The Kier molecular flexibility index (Phi) is 5.77. The number of non-ortho nitro benzene ring substituents is 1. The molecule has 1 aromatic heterocycles. The lowest BCUT2D eigenvalue weighted by Gasteiger charge is -2.13. The number of rotatable bonds is 6. The lowest BCUT2D eigenvalue weighted by atomic mass is 10.1. The van der Waals surface area contributed by atoms with Gasteiger partial charge in [0.1, 0.15) is 10.7 Å². The molecule has 2 N–H and O–H groups in total. The topological polar surface area (TPSA) is 131 Å². The molecule has 0 radical (unpaired) electrons. The normalized spacial score (nSPS) is 11.1. The van der Waals surface area contributed by atoms with Crippen molar-refractivity contribution in [3.63, 3.8) is 0 Å². The third-order valence-electron chi connectivity index (χ3n) is 3.54. The number of anilines is 2. The average molecular weight is 457 g/mol. The van der Waals surface area contributed by atoms with E-state index in [-0.39, 0.29) is 16.4 Å². The molecule has 13 heteroatoms. The minimum Gasteiger partial charge on any atom is -0.298 e. The number of carbonyl (C=O) groups is 1. The SMILES string of the molecule is O=C(Nc1nccs1)c1ccc(F)cc1NS(=O)(=O)c1ccc([N+](=O)[O-])cc1Cl. The highest BCUT2D eigenvalue weighted by Gasteiger charge is 2.23. The van der Waals surface area contributed by atoms with E-state index in [1.54, 1.807) is 5.38 Å². The molecular formula is C16H10ClFN4O5S2. The first-order valence-corrected chi connectivity index (χ1v) is 10.4. The van der Waals surface area contributed by atoms with E-state index in [2.05, 4.69) is 15.0 Å². The van der Waals surface area contributed by atoms with Gasteiger partial charge < -0.3 is 0 Å². The predicted octanol–water partition coefficient (Wildman–Crippen LogP) is 3.90. The smallest absolute Gasteiger partial charge is 0.271 e. The maximum Gasteiger partial charge on any atom is 0.271 e. The lowest BCUT2D eigenvalue weighted by molar-refractivity contribution is -0.384. The summed E-state index contributed by atoms with van der Waals surface area (Å²) in [6.07, 6.45) is 1.46. The second-order valence-electron chi connectivity index (χ2n) is 5.46. The highest BCUT2D eigenvalue weighted by Crippen LogP contribution is 2.29. The Labute approximate surface area is 172 Å². The first-order chi connectivity index (χ1) is 13.7. The molecule has 9 nitrogen and oxygen atoms in total. The first kappa shape index (κ1) is 20.6. The molecule has 0 spiro atoms. The minimum absolute atomic E-state index is 0.164. The van der Waals surface area contributed by atoms with Crippen molar-refractivity contribution >= 4 is 55.4 Å². The Bertz CT molecular complexity index is 1200. The van der Waals surface area contributed by atoms with Crippen LogP contribution in [0.5, 0.6) is 0 Å². The van der Waals surface area contributed by atoms with E-state index in [0.29, 0.717) is 0 Å². The van der Waals surface area contributed by atoms with Crippen LogP contribution in [0, 0.1) is 15.9 Å². The summed E-state index contributed by atoms with van der Waals surface area (Å²) in [5.74, 6) is -1.50. The monoisotopic (exact) mass is 456 g/mol. The van der Waals surface area contributed by atoms with E-state index in [1.807, 2.05) is 0 Å². The van der Waals surface area contributed by atoms with Gasteiger partial charge in [-0.1, -0.05) is 11.6 Å². The zero-order chi connectivity index (χ0) is 21.2. The second kappa shape index (κ2) is 8.11. The number of hydrogen-bond acceptors (Lipinski definition) is 7. The number of carbonyl (C=O) groups excluding carboxylic acids is 1. The molecule has 0 fully saturated rings. The van der Waals surface area contributed by atoms with Gasteiger partial charge in [0.2, 0.25) is 0 Å². The van der Waals surface area contributed by atoms with Crippen LogP contribution >= 0.6 is 22.9 Å². The first-order valence-electron chi connectivity index (χ1n) is 7.64. The standard InChI is InChI=1S/C16H10ClFN4O5S2/c17-12-8-10(22(24)25)2-4-14(12)29(26,27)21-13-7-9(18)1-3-11(13)15(23)20-16-19-5-6-28-16/h1-8,21H,(H,19,20,23). The molecule has 150 valence electrons. The Hall–Kier alpha value is -3.09.